The molecule has 0 fully saturated rings. The number of anilines is 2. The minimum absolute atomic E-state index is 0.0392. The van der Waals surface area contributed by atoms with Crippen LogP contribution in [0.5, 0.6) is 0 Å². The fourth-order valence-corrected chi connectivity index (χ4v) is 0.933. The van der Waals surface area contributed by atoms with Gasteiger partial charge in [-0.15, -0.1) is 0 Å². The van der Waals surface area contributed by atoms with Crippen LogP contribution in [0.2, 0.25) is 0 Å². The minimum Gasteiger partial charge on any atom is -0.371 e. The van der Waals surface area contributed by atoms with Crippen LogP contribution in [-0.4, -0.2) is 18.6 Å². The highest BCUT2D eigenvalue weighted by Gasteiger charge is 2.09. The zero-order valence-corrected chi connectivity index (χ0v) is 7.49. The Morgan fingerprint density at radius 2 is 1.92 bits per heavy atom. The van der Waals surface area contributed by atoms with E-state index in [1.807, 2.05) is 6.92 Å². The SMILES string of the molecule is CCNc1nc(NC)c(F)cc1F. The minimum atomic E-state index is -0.693. The Hall–Kier alpha value is -1.39. The van der Waals surface area contributed by atoms with Crippen LogP contribution < -0.4 is 10.6 Å². The maximum atomic E-state index is 13.0. The zero-order chi connectivity index (χ0) is 9.84. The Bertz CT molecular complexity index is 302. The molecule has 0 radical (unpaired) electrons. The predicted molar refractivity (Wildman–Crippen MR) is 47.9 cm³/mol. The van der Waals surface area contributed by atoms with Crippen molar-refractivity contribution in [2.45, 2.75) is 6.92 Å². The lowest BCUT2D eigenvalue weighted by atomic mass is 10.4. The lowest BCUT2D eigenvalue weighted by Gasteiger charge is -2.07. The summed E-state index contributed by atoms with van der Waals surface area (Å²) in [6, 6.07) is 0.802. The number of aromatic nitrogens is 1. The number of halogens is 2. The number of nitrogens with one attached hydrogen (secondary N) is 2. The van der Waals surface area contributed by atoms with Gasteiger partial charge in [-0.1, -0.05) is 0 Å². The molecule has 0 aliphatic carbocycles. The van der Waals surface area contributed by atoms with Crippen LogP contribution in [0.4, 0.5) is 20.4 Å². The average Bonchev–Trinajstić information content (AvgIpc) is 2.10. The highest BCUT2D eigenvalue weighted by atomic mass is 19.1. The van der Waals surface area contributed by atoms with Crippen LogP contribution in [0.3, 0.4) is 0 Å². The molecule has 0 bridgehead atoms. The molecule has 1 heterocycles. The molecule has 0 aromatic carbocycles. The van der Waals surface area contributed by atoms with Gasteiger partial charge in [0, 0.05) is 19.7 Å². The molecule has 1 aromatic rings. The summed E-state index contributed by atoms with van der Waals surface area (Å²) in [6.45, 7) is 2.35. The number of hydrogen-bond acceptors (Lipinski definition) is 3. The van der Waals surface area contributed by atoms with Crippen molar-refractivity contribution in [3.8, 4) is 0 Å². The molecule has 0 saturated carbocycles. The van der Waals surface area contributed by atoms with E-state index in [2.05, 4.69) is 15.6 Å². The van der Waals surface area contributed by atoms with Crippen molar-refractivity contribution >= 4 is 11.6 Å². The van der Waals surface area contributed by atoms with Gasteiger partial charge >= 0.3 is 0 Å². The van der Waals surface area contributed by atoms with Crippen LogP contribution in [-0.2, 0) is 0 Å². The molecular weight excluding hydrogens is 176 g/mol. The first-order valence-corrected chi connectivity index (χ1v) is 3.96. The fourth-order valence-electron chi connectivity index (χ4n) is 0.933. The van der Waals surface area contributed by atoms with Crippen LogP contribution >= 0.6 is 0 Å². The molecule has 5 heteroatoms. The molecule has 2 N–H and O–H groups in total. The van der Waals surface area contributed by atoms with Gasteiger partial charge in [-0.25, -0.2) is 13.8 Å². The van der Waals surface area contributed by atoms with Gasteiger partial charge in [0.1, 0.15) is 0 Å². The van der Waals surface area contributed by atoms with E-state index in [9.17, 15) is 8.78 Å². The summed E-state index contributed by atoms with van der Waals surface area (Å²) < 4.78 is 25.8. The topological polar surface area (TPSA) is 37.0 Å². The van der Waals surface area contributed by atoms with E-state index in [0.29, 0.717) is 6.54 Å². The van der Waals surface area contributed by atoms with E-state index in [0.717, 1.165) is 6.07 Å². The molecule has 0 spiro atoms. The number of nitrogens with zero attached hydrogens (tertiary/aromatic N) is 1. The molecule has 1 rings (SSSR count). The Morgan fingerprint density at radius 3 is 2.46 bits per heavy atom. The van der Waals surface area contributed by atoms with Crippen molar-refractivity contribution < 1.29 is 8.78 Å². The molecule has 1 aromatic heterocycles. The Balaban J connectivity index is 3.06. The lowest BCUT2D eigenvalue weighted by Crippen LogP contribution is -2.06. The maximum absolute atomic E-state index is 13.0. The molecule has 0 aliphatic rings. The second-order valence-electron chi connectivity index (χ2n) is 2.43. The first-order chi connectivity index (χ1) is 6.19. The molecule has 13 heavy (non-hydrogen) atoms. The second kappa shape index (κ2) is 4.02. The van der Waals surface area contributed by atoms with Gasteiger partial charge in [-0.3, -0.25) is 0 Å². The third kappa shape index (κ3) is 2.05. The summed E-state index contributed by atoms with van der Waals surface area (Å²) in [4.78, 5) is 3.71. The van der Waals surface area contributed by atoms with Crippen LogP contribution in [0, 0.1) is 11.6 Å². The monoisotopic (exact) mass is 187 g/mol. The van der Waals surface area contributed by atoms with Crippen molar-refractivity contribution in [1.82, 2.24) is 4.98 Å². The first kappa shape index (κ1) is 9.70. The zero-order valence-electron chi connectivity index (χ0n) is 7.49. The van der Waals surface area contributed by atoms with Crippen molar-refractivity contribution in [1.29, 1.82) is 0 Å². The van der Waals surface area contributed by atoms with Crippen LogP contribution in [0.15, 0.2) is 6.07 Å². The number of pyridine rings is 1. The first-order valence-electron chi connectivity index (χ1n) is 3.96. The highest BCUT2D eigenvalue weighted by molar-refractivity contribution is 5.46. The maximum Gasteiger partial charge on any atom is 0.168 e. The summed E-state index contributed by atoms with van der Waals surface area (Å²) in [5, 5.41) is 5.21. The molecule has 3 nitrogen and oxygen atoms in total. The Kier molecular flexibility index (Phi) is 3.00. The predicted octanol–water partition coefficient (Wildman–Crippen LogP) is 1.83. The van der Waals surface area contributed by atoms with E-state index in [1.165, 1.54) is 7.05 Å². The van der Waals surface area contributed by atoms with Crippen molar-refractivity contribution in [2.24, 2.45) is 0 Å². The van der Waals surface area contributed by atoms with E-state index in [4.69, 9.17) is 0 Å². The number of hydrogen-bond donors (Lipinski definition) is 2. The normalized spacial score (nSPS) is 9.85. The van der Waals surface area contributed by atoms with Gasteiger partial charge in [0.05, 0.1) is 0 Å². The summed E-state index contributed by atoms with van der Waals surface area (Å²) in [6.07, 6.45) is 0. The third-order valence-electron chi connectivity index (χ3n) is 1.51. The molecule has 0 saturated heterocycles. The van der Waals surface area contributed by atoms with Gasteiger partial charge in [-0.2, -0.15) is 0 Å². The second-order valence-corrected chi connectivity index (χ2v) is 2.43. The Labute approximate surface area is 75.2 Å². The largest absolute Gasteiger partial charge is 0.371 e. The van der Waals surface area contributed by atoms with Crippen molar-refractivity contribution in [3.63, 3.8) is 0 Å². The fraction of sp³-hybridized carbons (Fsp3) is 0.375. The quantitative estimate of drug-likeness (QED) is 0.758. The van der Waals surface area contributed by atoms with E-state index < -0.39 is 11.6 Å². The highest BCUT2D eigenvalue weighted by Crippen LogP contribution is 2.17. The Morgan fingerprint density at radius 1 is 1.31 bits per heavy atom. The van der Waals surface area contributed by atoms with Gasteiger partial charge in [-0.05, 0) is 6.92 Å². The van der Waals surface area contributed by atoms with Gasteiger partial charge in [0.15, 0.2) is 23.3 Å². The number of rotatable bonds is 3. The standard InChI is InChI=1S/C8H11F2N3/c1-3-12-8-6(10)4-5(9)7(11-2)13-8/h4H,3H2,1-2H3,(H2,11,12,13). The van der Waals surface area contributed by atoms with E-state index in [-0.39, 0.29) is 11.6 Å². The van der Waals surface area contributed by atoms with Gasteiger partial charge in [0.25, 0.3) is 0 Å². The third-order valence-corrected chi connectivity index (χ3v) is 1.51. The molecule has 0 aliphatic heterocycles. The van der Waals surface area contributed by atoms with Gasteiger partial charge < -0.3 is 10.6 Å². The van der Waals surface area contributed by atoms with E-state index >= 15 is 0 Å². The molecule has 72 valence electrons. The molecular formula is C8H11F2N3. The van der Waals surface area contributed by atoms with Gasteiger partial charge in [0.2, 0.25) is 0 Å². The summed E-state index contributed by atoms with van der Waals surface area (Å²) in [7, 11) is 1.53. The van der Waals surface area contributed by atoms with Crippen molar-refractivity contribution in [3.05, 3.63) is 17.7 Å². The van der Waals surface area contributed by atoms with Crippen LogP contribution in [0.1, 0.15) is 6.92 Å². The average molecular weight is 187 g/mol. The molecule has 0 amide bonds. The van der Waals surface area contributed by atoms with Crippen LogP contribution in [0.25, 0.3) is 0 Å². The smallest absolute Gasteiger partial charge is 0.168 e. The summed E-state index contributed by atoms with van der Waals surface area (Å²) in [5.74, 6) is -1.27. The van der Waals surface area contributed by atoms with E-state index in [1.54, 1.807) is 0 Å². The summed E-state index contributed by atoms with van der Waals surface area (Å²) >= 11 is 0. The summed E-state index contributed by atoms with van der Waals surface area (Å²) in [5.41, 5.74) is 0. The molecule has 0 unspecified atom stereocenters. The molecule has 0 atom stereocenters. The lowest BCUT2D eigenvalue weighted by molar-refractivity contribution is 0.579. The van der Waals surface area contributed by atoms with Crippen molar-refractivity contribution in [2.75, 3.05) is 24.2 Å².